The van der Waals surface area contributed by atoms with E-state index < -0.39 is 0 Å². The van der Waals surface area contributed by atoms with Gasteiger partial charge in [0.25, 0.3) is 0 Å². The van der Waals surface area contributed by atoms with Gasteiger partial charge in [-0.1, -0.05) is 12.8 Å². The summed E-state index contributed by atoms with van der Waals surface area (Å²) in [5.74, 6) is 0.864. The second-order valence-corrected chi connectivity index (χ2v) is 6.15. The Bertz CT molecular complexity index is 279. The Labute approximate surface area is 110 Å². The Morgan fingerprint density at radius 1 is 1.33 bits per heavy atom. The van der Waals surface area contributed by atoms with Crippen molar-refractivity contribution in [2.45, 2.75) is 38.5 Å². The maximum atomic E-state index is 12.3. The fourth-order valence-corrected chi connectivity index (χ4v) is 3.27. The maximum Gasteiger partial charge on any atom is 0.227 e. The maximum absolute atomic E-state index is 12.3. The van der Waals surface area contributed by atoms with E-state index in [9.17, 15) is 4.79 Å². The van der Waals surface area contributed by atoms with E-state index in [2.05, 4.69) is 17.3 Å². The molecule has 0 radical (unpaired) electrons. The largest absolute Gasteiger partial charge is 0.355 e. The zero-order chi connectivity index (χ0) is 13.0. The molecule has 2 aliphatic rings. The van der Waals surface area contributed by atoms with Crippen molar-refractivity contribution in [2.24, 2.45) is 17.1 Å². The van der Waals surface area contributed by atoms with Gasteiger partial charge in [-0.05, 0) is 51.7 Å². The zero-order valence-electron chi connectivity index (χ0n) is 11.6. The van der Waals surface area contributed by atoms with Crippen molar-refractivity contribution in [1.29, 1.82) is 0 Å². The molecule has 1 amide bonds. The molecule has 2 rings (SSSR count). The van der Waals surface area contributed by atoms with Crippen molar-refractivity contribution >= 4 is 5.91 Å². The third-order valence-corrected chi connectivity index (χ3v) is 4.82. The van der Waals surface area contributed by atoms with Crippen LogP contribution in [0.5, 0.6) is 0 Å². The molecular weight excluding hydrogens is 226 g/mol. The van der Waals surface area contributed by atoms with Crippen molar-refractivity contribution in [1.82, 2.24) is 10.2 Å². The van der Waals surface area contributed by atoms with Gasteiger partial charge < -0.3 is 16.0 Å². The van der Waals surface area contributed by atoms with Gasteiger partial charge in [0.15, 0.2) is 0 Å². The van der Waals surface area contributed by atoms with E-state index in [0.29, 0.717) is 12.5 Å². The molecule has 0 spiro atoms. The Hall–Kier alpha value is -0.610. The third-order valence-electron chi connectivity index (χ3n) is 4.82. The average molecular weight is 253 g/mol. The first-order valence-corrected chi connectivity index (χ1v) is 7.33. The number of rotatable bonds is 4. The smallest absolute Gasteiger partial charge is 0.227 e. The lowest BCUT2D eigenvalue weighted by atomic mass is 9.85. The number of likely N-dealkylation sites (tertiary alicyclic amines) is 1. The van der Waals surface area contributed by atoms with Gasteiger partial charge in [-0.15, -0.1) is 0 Å². The number of carbonyl (C=O) groups excluding carboxylic acids is 1. The van der Waals surface area contributed by atoms with Crippen LogP contribution in [0.3, 0.4) is 0 Å². The highest BCUT2D eigenvalue weighted by Gasteiger charge is 2.39. The standard InChI is InChI=1S/C14H27N3O/c1-17-8-4-12(5-9-17)10-16-13(18)14(11-15)6-2-3-7-14/h12H,2-11,15H2,1H3,(H,16,18). The highest BCUT2D eigenvalue weighted by atomic mass is 16.2. The Balaban J connectivity index is 1.77. The summed E-state index contributed by atoms with van der Waals surface area (Å²) in [4.78, 5) is 14.7. The molecule has 0 aromatic rings. The molecule has 4 heteroatoms. The van der Waals surface area contributed by atoms with Crippen molar-refractivity contribution in [3.8, 4) is 0 Å². The van der Waals surface area contributed by atoms with E-state index >= 15 is 0 Å². The summed E-state index contributed by atoms with van der Waals surface area (Å²) < 4.78 is 0. The summed E-state index contributed by atoms with van der Waals surface area (Å²) in [5, 5.41) is 3.16. The van der Waals surface area contributed by atoms with Crippen molar-refractivity contribution < 1.29 is 4.79 Å². The summed E-state index contributed by atoms with van der Waals surface area (Å²) in [7, 11) is 2.16. The molecule has 0 unspecified atom stereocenters. The van der Waals surface area contributed by atoms with Crippen LogP contribution in [0.2, 0.25) is 0 Å². The Morgan fingerprint density at radius 2 is 1.94 bits per heavy atom. The first kappa shape index (κ1) is 13.8. The van der Waals surface area contributed by atoms with Crippen LogP contribution < -0.4 is 11.1 Å². The lowest BCUT2D eigenvalue weighted by Gasteiger charge is -2.31. The van der Waals surface area contributed by atoms with Gasteiger partial charge in [0, 0.05) is 13.1 Å². The molecule has 1 aliphatic carbocycles. The second kappa shape index (κ2) is 6.02. The van der Waals surface area contributed by atoms with Crippen LogP contribution in [0.4, 0.5) is 0 Å². The fourth-order valence-electron chi connectivity index (χ4n) is 3.27. The minimum absolute atomic E-state index is 0.210. The molecule has 2 fully saturated rings. The first-order valence-electron chi connectivity index (χ1n) is 7.33. The van der Waals surface area contributed by atoms with Crippen LogP contribution in [0, 0.1) is 11.3 Å². The Morgan fingerprint density at radius 3 is 2.50 bits per heavy atom. The number of carbonyl (C=O) groups is 1. The minimum Gasteiger partial charge on any atom is -0.355 e. The molecule has 0 bridgehead atoms. The fraction of sp³-hybridized carbons (Fsp3) is 0.929. The van der Waals surface area contributed by atoms with E-state index in [1.165, 1.54) is 12.8 Å². The van der Waals surface area contributed by atoms with E-state index in [4.69, 9.17) is 5.73 Å². The number of hydrogen-bond acceptors (Lipinski definition) is 3. The van der Waals surface area contributed by atoms with Crippen LogP contribution in [-0.4, -0.2) is 44.0 Å². The van der Waals surface area contributed by atoms with E-state index in [0.717, 1.165) is 45.3 Å². The van der Waals surface area contributed by atoms with Gasteiger partial charge in [0.05, 0.1) is 5.41 Å². The SMILES string of the molecule is CN1CCC(CNC(=O)C2(CN)CCCC2)CC1. The first-order chi connectivity index (χ1) is 8.66. The van der Waals surface area contributed by atoms with Crippen molar-refractivity contribution in [3.05, 3.63) is 0 Å². The summed E-state index contributed by atoms with van der Waals surface area (Å²) in [5.41, 5.74) is 5.58. The van der Waals surface area contributed by atoms with Crippen molar-refractivity contribution in [3.63, 3.8) is 0 Å². The molecule has 3 N–H and O–H groups in total. The highest BCUT2D eigenvalue weighted by molar-refractivity contribution is 5.83. The number of amides is 1. The van der Waals surface area contributed by atoms with Gasteiger partial charge in [-0.3, -0.25) is 4.79 Å². The third kappa shape index (κ3) is 3.04. The molecule has 4 nitrogen and oxygen atoms in total. The minimum atomic E-state index is -0.245. The van der Waals surface area contributed by atoms with E-state index in [1.54, 1.807) is 0 Å². The zero-order valence-corrected chi connectivity index (χ0v) is 11.6. The average Bonchev–Trinajstić information content (AvgIpc) is 2.88. The molecule has 18 heavy (non-hydrogen) atoms. The van der Waals surface area contributed by atoms with Crippen LogP contribution in [0.1, 0.15) is 38.5 Å². The number of nitrogens with zero attached hydrogens (tertiary/aromatic N) is 1. The number of hydrogen-bond donors (Lipinski definition) is 2. The Kier molecular flexibility index (Phi) is 4.62. The van der Waals surface area contributed by atoms with Gasteiger partial charge in [0.1, 0.15) is 0 Å². The number of nitrogens with two attached hydrogens (primary N) is 1. The van der Waals surface area contributed by atoms with Gasteiger partial charge in [-0.25, -0.2) is 0 Å². The quantitative estimate of drug-likeness (QED) is 0.785. The molecular formula is C14H27N3O. The monoisotopic (exact) mass is 253 g/mol. The van der Waals surface area contributed by atoms with E-state index in [1.807, 2.05) is 0 Å². The lowest BCUT2D eigenvalue weighted by Crippen LogP contribution is -2.46. The molecule has 1 heterocycles. The van der Waals surface area contributed by atoms with Crippen LogP contribution in [0.25, 0.3) is 0 Å². The predicted molar refractivity (Wildman–Crippen MR) is 73.2 cm³/mol. The highest BCUT2D eigenvalue weighted by Crippen LogP contribution is 2.37. The van der Waals surface area contributed by atoms with Gasteiger partial charge >= 0.3 is 0 Å². The van der Waals surface area contributed by atoms with Gasteiger partial charge in [-0.2, -0.15) is 0 Å². The molecule has 0 aromatic carbocycles. The number of piperidine rings is 1. The summed E-state index contributed by atoms with van der Waals surface area (Å²) in [6, 6.07) is 0. The van der Waals surface area contributed by atoms with Gasteiger partial charge in [0.2, 0.25) is 5.91 Å². The molecule has 104 valence electrons. The molecule has 1 aliphatic heterocycles. The molecule has 1 saturated heterocycles. The summed E-state index contributed by atoms with van der Waals surface area (Å²) >= 11 is 0. The van der Waals surface area contributed by atoms with Crippen LogP contribution in [-0.2, 0) is 4.79 Å². The second-order valence-electron chi connectivity index (χ2n) is 6.15. The molecule has 1 saturated carbocycles. The predicted octanol–water partition coefficient (Wildman–Crippen LogP) is 0.964. The van der Waals surface area contributed by atoms with Crippen molar-refractivity contribution in [2.75, 3.05) is 33.2 Å². The van der Waals surface area contributed by atoms with Crippen LogP contribution >= 0.6 is 0 Å². The molecule has 0 aromatic heterocycles. The number of nitrogens with one attached hydrogen (secondary N) is 1. The lowest BCUT2D eigenvalue weighted by molar-refractivity contribution is -0.130. The van der Waals surface area contributed by atoms with E-state index in [-0.39, 0.29) is 11.3 Å². The summed E-state index contributed by atoms with van der Waals surface area (Å²) in [6.07, 6.45) is 6.65. The molecule has 0 atom stereocenters. The normalized spacial score (nSPS) is 25.2. The summed E-state index contributed by atoms with van der Waals surface area (Å²) in [6.45, 7) is 3.66. The van der Waals surface area contributed by atoms with Crippen LogP contribution in [0.15, 0.2) is 0 Å². The topological polar surface area (TPSA) is 58.4 Å².